The molecule has 0 aromatic rings. The number of likely N-dealkylation sites (tertiary alicyclic amines) is 1. The molecule has 2 aliphatic rings. The number of rotatable bonds is 5. The molecular weight excluding hydrogens is 260 g/mol. The molecule has 0 aromatic heterocycles. The van der Waals surface area contributed by atoms with Crippen molar-refractivity contribution >= 4 is 12.0 Å². The van der Waals surface area contributed by atoms with E-state index < -0.39 is 5.97 Å². The molecule has 1 aliphatic carbocycles. The summed E-state index contributed by atoms with van der Waals surface area (Å²) in [5.41, 5.74) is 0. The largest absolute Gasteiger partial charge is 0.481 e. The minimum atomic E-state index is -0.760. The zero-order chi connectivity index (χ0) is 14.5. The highest BCUT2D eigenvalue weighted by atomic mass is 16.5. The number of nitrogens with one attached hydrogen (secondary N) is 1. The molecule has 6 nitrogen and oxygen atoms in total. The molecular formula is C14H24N2O4. The van der Waals surface area contributed by atoms with Crippen molar-refractivity contribution in [1.29, 1.82) is 0 Å². The lowest BCUT2D eigenvalue weighted by Gasteiger charge is -2.20. The molecule has 2 fully saturated rings. The fourth-order valence-corrected chi connectivity index (χ4v) is 3.13. The smallest absolute Gasteiger partial charge is 0.317 e. The van der Waals surface area contributed by atoms with E-state index in [9.17, 15) is 9.59 Å². The van der Waals surface area contributed by atoms with Crippen LogP contribution in [0.3, 0.4) is 0 Å². The van der Waals surface area contributed by atoms with E-state index in [1.54, 1.807) is 7.11 Å². The Kier molecular flexibility index (Phi) is 5.23. The summed E-state index contributed by atoms with van der Waals surface area (Å²) in [6, 6.07) is 0.204. The first-order valence-electron chi connectivity index (χ1n) is 7.38. The highest BCUT2D eigenvalue weighted by Crippen LogP contribution is 2.24. The highest BCUT2D eigenvalue weighted by molar-refractivity contribution is 5.75. The molecule has 6 heteroatoms. The maximum Gasteiger partial charge on any atom is 0.317 e. The third-order valence-electron chi connectivity index (χ3n) is 4.38. The van der Waals surface area contributed by atoms with Crippen LogP contribution in [0.25, 0.3) is 0 Å². The fraction of sp³-hybridized carbons (Fsp3) is 0.857. The number of urea groups is 1. The van der Waals surface area contributed by atoms with Gasteiger partial charge in [-0.05, 0) is 38.0 Å². The molecule has 2 rings (SSSR count). The van der Waals surface area contributed by atoms with Gasteiger partial charge in [0, 0.05) is 32.7 Å². The van der Waals surface area contributed by atoms with Gasteiger partial charge in [0.25, 0.3) is 0 Å². The number of hydrogen-bond acceptors (Lipinski definition) is 3. The standard InChI is InChI=1S/C14H24N2O4/c1-20-12-4-3-11(8-12)15-14(19)16-7-6-10(9-16)2-5-13(17)18/h10-12H,2-9H2,1H3,(H,15,19)(H,17,18). The number of carboxylic acids is 1. The van der Waals surface area contributed by atoms with E-state index in [-0.39, 0.29) is 24.6 Å². The van der Waals surface area contributed by atoms with Crippen LogP contribution >= 0.6 is 0 Å². The number of carbonyl (C=O) groups is 2. The minimum absolute atomic E-state index is 0.00965. The Hall–Kier alpha value is -1.30. The lowest BCUT2D eigenvalue weighted by Crippen LogP contribution is -2.43. The van der Waals surface area contributed by atoms with Crippen LogP contribution in [0.2, 0.25) is 0 Å². The molecule has 1 heterocycles. The number of methoxy groups -OCH3 is 1. The summed E-state index contributed by atoms with van der Waals surface area (Å²) in [7, 11) is 1.71. The van der Waals surface area contributed by atoms with Gasteiger partial charge in [-0.3, -0.25) is 4.79 Å². The Bertz CT molecular complexity index is 361. The molecule has 0 spiro atoms. The average molecular weight is 284 g/mol. The van der Waals surface area contributed by atoms with Gasteiger partial charge in [0.05, 0.1) is 6.10 Å². The zero-order valence-corrected chi connectivity index (χ0v) is 12.0. The summed E-state index contributed by atoms with van der Waals surface area (Å²) in [5.74, 6) is -0.434. The van der Waals surface area contributed by atoms with E-state index in [0.29, 0.717) is 18.9 Å². The van der Waals surface area contributed by atoms with Crippen LogP contribution in [0.5, 0.6) is 0 Å². The van der Waals surface area contributed by atoms with Crippen molar-refractivity contribution < 1.29 is 19.4 Å². The second kappa shape index (κ2) is 6.92. The Morgan fingerprint density at radius 1 is 1.35 bits per heavy atom. The average Bonchev–Trinajstić information content (AvgIpc) is 3.04. The Morgan fingerprint density at radius 2 is 2.15 bits per heavy atom. The van der Waals surface area contributed by atoms with E-state index in [2.05, 4.69) is 5.32 Å². The van der Waals surface area contributed by atoms with Crippen molar-refractivity contribution in [1.82, 2.24) is 10.2 Å². The van der Waals surface area contributed by atoms with Crippen molar-refractivity contribution in [2.75, 3.05) is 20.2 Å². The molecule has 3 unspecified atom stereocenters. The number of nitrogens with zero attached hydrogens (tertiary/aromatic N) is 1. The van der Waals surface area contributed by atoms with Crippen LogP contribution in [-0.2, 0) is 9.53 Å². The van der Waals surface area contributed by atoms with Crippen molar-refractivity contribution in [3.63, 3.8) is 0 Å². The Labute approximate surface area is 119 Å². The van der Waals surface area contributed by atoms with Gasteiger partial charge in [0.15, 0.2) is 0 Å². The second-order valence-corrected chi connectivity index (χ2v) is 5.85. The molecule has 1 saturated heterocycles. The summed E-state index contributed by atoms with van der Waals surface area (Å²) in [6.07, 6.45) is 4.89. The van der Waals surface area contributed by atoms with Crippen LogP contribution in [0.15, 0.2) is 0 Å². The monoisotopic (exact) mass is 284 g/mol. The minimum Gasteiger partial charge on any atom is -0.481 e. The molecule has 0 radical (unpaired) electrons. The summed E-state index contributed by atoms with van der Waals surface area (Å²) in [5, 5.41) is 11.7. The third-order valence-corrected chi connectivity index (χ3v) is 4.38. The second-order valence-electron chi connectivity index (χ2n) is 5.85. The predicted molar refractivity (Wildman–Crippen MR) is 73.5 cm³/mol. The van der Waals surface area contributed by atoms with E-state index in [4.69, 9.17) is 9.84 Å². The number of aliphatic carboxylic acids is 1. The Balaban J connectivity index is 1.70. The molecule has 114 valence electrons. The molecule has 0 aromatic carbocycles. The van der Waals surface area contributed by atoms with E-state index in [1.165, 1.54) is 0 Å². The first-order valence-corrected chi connectivity index (χ1v) is 7.38. The molecule has 3 atom stereocenters. The van der Waals surface area contributed by atoms with Crippen LogP contribution in [0.1, 0.15) is 38.5 Å². The van der Waals surface area contributed by atoms with Gasteiger partial charge in [-0.15, -0.1) is 0 Å². The van der Waals surface area contributed by atoms with Gasteiger partial charge in [0.1, 0.15) is 0 Å². The Morgan fingerprint density at radius 3 is 2.80 bits per heavy atom. The van der Waals surface area contributed by atoms with Gasteiger partial charge in [0.2, 0.25) is 0 Å². The van der Waals surface area contributed by atoms with Crippen LogP contribution in [-0.4, -0.2) is 54.4 Å². The molecule has 2 amide bonds. The summed E-state index contributed by atoms with van der Waals surface area (Å²) < 4.78 is 5.30. The van der Waals surface area contributed by atoms with Gasteiger partial charge < -0.3 is 20.1 Å². The molecule has 2 N–H and O–H groups in total. The topological polar surface area (TPSA) is 78.9 Å². The first kappa shape index (κ1) is 15.1. The van der Waals surface area contributed by atoms with Crippen LogP contribution in [0.4, 0.5) is 4.79 Å². The highest BCUT2D eigenvalue weighted by Gasteiger charge is 2.30. The lowest BCUT2D eigenvalue weighted by atomic mass is 10.0. The summed E-state index contributed by atoms with van der Waals surface area (Å²) >= 11 is 0. The van der Waals surface area contributed by atoms with Gasteiger partial charge in [-0.25, -0.2) is 4.79 Å². The molecule has 1 aliphatic heterocycles. The normalized spacial score (nSPS) is 29.6. The number of hydrogen-bond donors (Lipinski definition) is 2. The predicted octanol–water partition coefficient (Wildman–Crippen LogP) is 1.45. The van der Waals surface area contributed by atoms with E-state index in [0.717, 1.165) is 32.2 Å². The van der Waals surface area contributed by atoms with E-state index >= 15 is 0 Å². The van der Waals surface area contributed by atoms with Crippen molar-refractivity contribution in [2.45, 2.75) is 50.7 Å². The number of amides is 2. The van der Waals surface area contributed by atoms with Gasteiger partial charge in [-0.1, -0.05) is 0 Å². The van der Waals surface area contributed by atoms with Crippen LogP contribution < -0.4 is 5.32 Å². The van der Waals surface area contributed by atoms with E-state index in [1.807, 2.05) is 4.90 Å². The number of carboxylic acid groups (broad SMARTS) is 1. The molecule has 1 saturated carbocycles. The fourth-order valence-electron chi connectivity index (χ4n) is 3.13. The zero-order valence-electron chi connectivity index (χ0n) is 12.0. The van der Waals surface area contributed by atoms with Gasteiger partial charge in [-0.2, -0.15) is 0 Å². The number of ether oxygens (including phenoxy) is 1. The maximum atomic E-state index is 12.1. The maximum absolute atomic E-state index is 12.1. The quantitative estimate of drug-likeness (QED) is 0.801. The summed E-state index contributed by atoms with van der Waals surface area (Å²) in [4.78, 5) is 24.5. The third kappa shape index (κ3) is 4.10. The SMILES string of the molecule is COC1CCC(NC(=O)N2CCC(CCC(=O)O)C2)C1. The van der Waals surface area contributed by atoms with Crippen molar-refractivity contribution in [3.05, 3.63) is 0 Å². The van der Waals surface area contributed by atoms with Crippen molar-refractivity contribution in [2.24, 2.45) is 5.92 Å². The van der Waals surface area contributed by atoms with Gasteiger partial charge >= 0.3 is 12.0 Å². The lowest BCUT2D eigenvalue weighted by molar-refractivity contribution is -0.137. The van der Waals surface area contributed by atoms with Crippen molar-refractivity contribution in [3.8, 4) is 0 Å². The summed E-state index contributed by atoms with van der Waals surface area (Å²) in [6.45, 7) is 1.41. The molecule has 0 bridgehead atoms. The van der Waals surface area contributed by atoms with Crippen LogP contribution in [0, 0.1) is 5.92 Å². The molecule has 20 heavy (non-hydrogen) atoms. The number of carbonyl (C=O) groups excluding carboxylic acids is 1. The first-order chi connectivity index (χ1) is 9.58.